The van der Waals surface area contributed by atoms with Crippen LogP contribution in [0.5, 0.6) is 0 Å². The molecule has 0 bridgehead atoms. The first kappa shape index (κ1) is 22.1. The third-order valence-electron chi connectivity index (χ3n) is 5.38. The van der Waals surface area contributed by atoms with Crippen LogP contribution in [0.15, 0.2) is 42.5 Å². The maximum atomic E-state index is 12.2. The van der Waals surface area contributed by atoms with Crippen molar-refractivity contribution in [1.29, 1.82) is 0 Å². The Hall–Kier alpha value is -2.57. The lowest BCUT2D eigenvalue weighted by molar-refractivity contribution is -0.116. The molecule has 2 aromatic rings. The molecule has 0 saturated carbocycles. The van der Waals surface area contributed by atoms with Gasteiger partial charge in [-0.25, -0.2) is 0 Å². The highest BCUT2D eigenvalue weighted by Crippen LogP contribution is 2.24. The molecule has 1 saturated heterocycles. The quantitative estimate of drug-likeness (QED) is 0.707. The summed E-state index contributed by atoms with van der Waals surface area (Å²) in [4.78, 5) is 29.2. The summed E-state index contributed by atoms with van der Waals surface area (Å²) in [5, 5.41) is 6.25. The number of halogens is 1. The molecular weight excluding hydrogens is 400 g/mol. The zero-order valence-electron chi connectivity index (χ0n) is 17.6. The van der Waals surface area contributed by atoms with Gasteiger partial charge in [-0.1, -0.05) is 18.5 Å². The predicted octanol–water partition coefficient (Wildman–Crippen LogP) is 3.55. The van der Waals surface area contributed by atoms with Crippen LogP contribution in [-0.4, -0.2) is 56.0 Å². The second-order valence-electron chi connectivity index (χ2n) is 7.48. The van der Waals surface area contributed by atoms with Crippen molar-refractivity contribution < 1.29 is 9.59 Å². The lowest BCUT2D eigenvalue weighted by Crippen LogP contribution is -2.46. The standard InChI is InChI=1S/C23H29ClN4O2/c1-3-27-12-14-28(15-13-27)21-9-8-20(16-17(21)2)26-22(29)10-11-25-23(30)18-4-6-19(24)7-5-18/h4-9,16H,3,10-15H2,1-2H3,(H,25,30)(H,26,29). The van der Waals surface area contributed by atoms with Crippen LogP contribution < -0.4 is 15.5 Å². The first-order valence-electron chi connectivity index (χ1n) is 10.4. The van der Waals surface area contributed by atoms with Crippen LogP contribution in [-0.2, 0) is 4.79 Å². The van der Waals surface area contributed by atoms with Crippen LogP contribution in [0.25, 0.3) is 0 Å². The second-order valence-corrected chi connectivity index (χ2v) is 7.92. The summed E-state index contributed by atoms with van der Waals surface area (Å²) in [5.74, 6) is -0.349. The Balaban J connectivity index is 1.46. The van der Waals surface area contributed by atoms with Gasteiger partial charge in [0.2, 0.25) is 5.91 Å². The molecule has 0 aromatic heterocycles. The number of benzene rings is 2. The minimum atomic E-state index is -0.220. The van der Waals surface area contributed by atoms with Gasteiger partial charge in [0.25, 0.3) is 5.91 Å². The van der Waals surface area contributed by atoms with E-state index < -0.39 is 0 Å². The molecule has 7 heteroatoms. The van der Waals surface area contributed by atoms with Gasteiger partial charge >= 0.3 is 0 Å². The molecule has 2 aromatic carbocycles. The molecule has 0 spiro atoms. The van der Waals surface area contributed by atoms with Gasteiger partial charge in [-0.2, -0.15) is 0 Å². The third kappa shape index (κ3) is 5.97. The van der Waals surface area contributed by atoms with Crippen LogP contribution in [0.1, 0.15) is 29.3 Å². The molecule has 1 aliphatic heterocycles. The maximum absolute atomic E-state index is 12.2. The highest BCUT2D eigenvalue weighted by Gasteiger charge is 2.17. The first-order chi connectivity index (χ1) is 14.5. The molecule has 3 rings (SSSR count). The molecule has 1 aliphatic rings. The fourth-order valence-corrected chi connectivity index (χ4v) is 3.74. The molecule has 1 heterocycles. The van der Waals surface area contributed by atoms with Crippen LogP contribution in [0, 0.1) is 6.92 Å². The van der Waals surface area contributed by atoms with E-state index in [2.05, 4.69) is 40.3 Å². The van der Waals surface area contributed by atoms with E-state index >= 15 is 0 Å². The molecule has 160 valence electrons. The Bertz CT molecular complexity index is 877. The predicted molar refractivity (Wildman–Crippen MR) is 123 cm³/mol. The number of rotatable bonds is 7. The molecule has 0 atom stereocenters. The van der Waals surface area contributed by atoms with Gasteiger partial charge in [-0.3, -0.25) is 9.59 Å². The summed E-state index contributed by atoms with van der Waals surface area (Å²) in [6.07, 6.45) is 0.207. The van der Waals surface area contributed by atoms with Gasteiger partial charge in [-0.05, 0) is 61.5 Å². The van der Waals surface area contributed by atoms with E-state index in [0.717, 1.165) is 44.0 Å². The topological polar surface area (TPSA) is 64.7 Å². The van der Waals surface area contributed by atoms with Gasteiger partial charge in [0, 0.05) is 61.1 Å². The van der Waals surface area contributed by atoms with E-state index in [9.17, 15) is 9.59 Å². The minimum Gasteiger partial charge on any atom is -0.369 e. The van der Waals surface area contributed by atoms with E-state index in [1.807, 2.05) is 12.1 Å². The van der Waals surface area contributed by atoms with Crippen molar-refractivity contribution in [3.63, 3.8) is 0 Å². The number of likely N-dealkylation sites (N-methyl/N-ethyl adjacent to an activating group) is 1. The van der Waals surface area contributed by atoms with E-state index in [1.165, 1.54) is 5.69 Å². The summed E-state index contributed by atoms with van der Waals surface area (Å²) in [7, 11) is 0. The van der Waals surface area contributed by atoms with Crippen LogP contribution in [0.2, 0.25) is 5.02 Å². The monoisotopic (exact) mass is 428 g/mol. The minimum absolute atomic E-state index is 0.130. The number of amides is 2. The molecule has 0 unspecified atom stereocenters. The number of nitrogens with zero attached hydrogens (tertiary/aromatic N) is 2. The lowest BCUT2D eigenvalue weighted by atomic mass is 10.1. The second kappa shape index (κ2) is 10.5. The number of carbonyl (C=O) groups is 2. The molecule has 6 nitrogen and oxygen atoms in total. The fourth-order valence-electron chi connectivity index (χ4n) is 3.61. The molecular formula is C23H29ClN4O2. The number of carbonyl (C=O) groups excluding carboxylic acids is 2. The van der Waals surface area contributed by atoms with Gasteiger partial charge in [0.1, 0.15) is 0 Å². The average molecular weight is 429 g/mol. The van der Waals surface area contributed by atoms with Gasteiger partial charge in [0.05, 0.1) is 0 Å². The van der Waals surface area contributed by atoms with E-state index in [1.54, 1.807) is 24.3 Å². The largest absolute Gasteiger partial charge is 0.369 e. The van der Waals surface area contributed by atoms with Crippen LogP contribution in [0.4, 0.5) is 11.4 Å². The molecule has 0 aliphatic carbocycles. The van der Waals surface area contributed by atoms with Gasteiger partial charge in [-0.15, -0.1) is 0 Å². The Kier molecular flexibility index (Phi) is 7.71. The molecule has 2 amide bonds. The first-order valence-corrected chi connectivity index (χ1v) is 10.8. The molecule has 0 radical (unpaired) electrons. The van der Waals surface area contributed by atoms with Crippen molar-refractivity contribution in [3.05, 3.63) is 58.6 Å². The van der Waals surface area contributed by atoms with Gasteiger partial charge < -0.3 is 20.4 Å². The number of hydrogen-bond acceptors (Lipinski definition) is 4. The van der Waals surface area contributed by atoms with Crippen molar-refractivity contribution in [2.45, 2.75) is 20.3 Å². The van der Waals surface area contributed by atoms with Crippen molar-refractivity contribution in [1.82, 2.24) is 10.2 Å². The summed E-state index contributed by atoms with van der Waals surface area (Å²) in [6, 6.07) is 12.7. The van der Waals surface area contributed by atoms with Crippen LogP contribution >= 0.6 is 11.6 Å². The number of piperazine rings is 1. The van der Waals surface area contributed by atoms with E-state index in [-0.39, 0.29) is 24.8 Å². The molecule has 1 fully saturated rings. The Morgan fingerprint density at radius 2 is 1.73 bits per heavy atom. The van der Waals surface area contributed by atoms with Gasteiger partial charge in [0.15, 0.2) is 0 Å². The number of anilines is 2. The normalized spacial score (nSPS) is 14.4. The van der Waals surface area contributed by atoms with Crippen molar-refractivity contribution >= 4 is 34.8 Å². The summed E-state index contributed by atoms with van der Waals surface area (Å²) in [6.45, 7) is 9.84. The zero-order valence-corrected chi connectivity index (χ0v) is 18.3. The van der Waals surface area contributed by atoms with E-state index in [0.29, 0.717) is 10.6 Å². The highest BCUT2D eigenvalue weighted by atomic mass is 35.5. The fraction of sp³-hybridized carbons (Fsp3) is 0.391. The maximum Gasteiger partial charge on any atom is 0.251 e. The Morgan fingerprint density at radius 3 is 2.37 bits per heavy atom. The molecule has 2 N–H and O–H groups in total. The Morgan fingerprint density at radius 1 is 1.03 bits per heavy atom. The summed E-state index contributed by atoms with van der Waals surface area (Å²) >= 11 is 5.83. The number of hydrogen-bond donors (Lipinski definition) is 2. The smallest absolute Gasteiger partial charge is 0.251 e. The SMILES string of the molecule is CCN1CCN(c2ccc(NC(=O)CCNC(=O)c3ccc(Cl)cc3)cc2C)CC1. The van der Waals surface area contributed by atoms with Crippen LogP contribution in [0.3, 0.4) is 0 Å². The molecule has 30 heavy (non-hydrogen) atoms. The average Bonchev–Trinajstić information content (AvgIpc) is 2.74. The highest BCUT2D eigenvalue weighted by molar-refractivity contribution is 6.30. The Labute approximate surface area is 183 Å². The zero-order chi connectivity index (χ0) is 21.5. The third-order valence-corrected chi connectivity index (χ3v) is 5.64. The summed E-state index contributed by atoms with van der Waals surface area (Å²) < 4.78 is 0. The number of nitrogens with one attached hydrogen (secondary N) is 2. The lowest BCUT2D eigenvalue weighted by Gasteiger charge is -2.36. The van der Waals surface area contributed by atoms with Crippen molar-refractivity contribution in [3.8, 4) is 0 Å². The van der Waals surface area contributed by atoms with E-state index in [4.69, 9.17) is 11.6 Å². The number of aryl methyl sites for hydroxylation is 1. The van der Waals surface area contributed by atoms with Crippen molar-refractivity contribution in [2.75, 3.05) is 49.5 Å². The van der Waals surface area contributed by atoms with Crippen molar-refractivity contribution in [2.24, 2.45) is 0 Å². The summed E-state index contributed by atoms with van der Waals surface area (Å²) in [5.41, 5.74) is 3.66.